The fraction of sp³-hybridized carbons (Fsp3) is 0.600. The van der Waals surface area contributed by atoms with Crippen LogP contribution >= 0.6 is 0 Å². The second kappa shape index (κ2) is 15.6. The van der Waals surface area contributed by atoms with E-state index in [9.17, 15) is 14.7 Å². The first-order valence-corrected chi connectivity index (χ1v) is 13.7. The Bertz CT molecular complexity index is 740. The molecule has 2 atom stereocenters. The average Bonchev–Trinajstić information content (AvgIpc) is 2.72. The van der Waals surface area contributed by atoms with Crippen molar-refractivity contribution in [3.05, 3.63) is 35.5 Å². The first-order chi connectivity index (χ1) is 15.0. The molecule has 0 aliphatic carbocycles. The average molecular weight is 465 g/mol. The number of aliphatic hydroxyl groups is 1. The molecule has 0 amide bonds. The number of carbonyl (C=O) groups excluding carboxylic acids is 2. The number of esters is 2. The highest BCUT2D eigenvalue weighted by Crippen LogP contribution is 2.29. The summed E-state index contributed by atoms with van der Waals surface area (Å²) >= 11 is 0. The van der Waals surface area contributed by atoms with E-state index in [1.165, 1.54) is 19.9 Å². The van der Waals surface area contributed by atoms with E-state index >= 15 is 0 Å². The second-order valence-corrected chi connectivity index (χ2v) is 12.7. The number of hydrogen-bond donors (Lipinski definition) is 1. The highest BCUT2D eigenvalue weighted by molar-refractivity contribution is 6.73. The zero-order valence-corrected chi connectivity index (χ0v) is 21.7. The van der Waals surface area contributed by atoms with E-state index in [-0.39, 0.29) is 19.6 Å². The molecule has 0 saturated heterocycles. The van der Waals surface area contributed by atoms with Crippen molar-refractivity contribution in [2.75, 3.05) is 13.2 Å². The van der Waals surface area contributed by atoms with Gasteiger partial charge in [0.2, 0.25) is 0 Å². The van der Waals surface area contributed by atoms with Gasteiger partial charge in [-0.15, -0.1) is 0 Å². The number of rotatable bonds is 13. The SMILES string of the molecule is C=C(C#CC=C(C)C)[C@H](C[C@H](OC(C)=O)/C(=C/CO)COC(C)=O)O[Si](CC)(CC)CC. The van der Waals surface area contributed by atoms with Crippen LogP contribution in [0.25, 0.3) is 0 Å². The lowest BCUT2D eigenvalue weighted by Gasteiger charge is -2.35. The van der Waals surface area contributed by atoms with Gasteiger partial charge in [0.15, 0.2) is 8.32 Å². The van der Waals surface area contributed by atoms with Crippen molar-refractivity contribution >= 4 is 20.3 Å². The number of carbonyl (C=O) groups is 2. The van der Waals surface area contributed by atoms with Crippen LogP contribution in [-0.4, -0.2) is 50.8 Å². The van der Waals surface area contributed by atoms with Crippen LogP contribution in [0.4, 0.5) is 0 Å². The molecule has 0 aromatic carbocycles. The fourth-order valence-electron chi connectivity index (χ4n) is 3.17. The Morgan fingerprint density at radius 1 is 1.03 bits per heavy atom. The Labute approximate surface area is 194 Å². The minimum absolute atomic E-state index is 0.0889. The molecule has 7 heteroatoms. The topological polar surface area (TPSA) is 82.1 Å². The zero-order chi connectivity index (χ0) is 24.7. The molecular weight excluding hydrogens is 424 g/mol. The van der Waals surface area contributed by atoms with E-state index in [0.717, 1.165) is 23.7 Å². The molecule has 0 bridgehead atoms. The van der Waals surface area contributed by atoms with Crippen molar-refractivity contribution in [2.45, 2.75) is 85.2 Å². The van der Waals surface area contributed by atoms with Gasteiger partial charge in [-0.25, -0.2) is 0 Å². The minimum atomic E-state index is -2.04. The first kappa shape index (κ1) is 29.9. The van der Waals surface area contributed by atoms with E-state index in [1.54, 1.807) is 0 Å². The fourth-order valence-corrected chi connectivity index (χ4v) is 6.01. The highest BCUT2D eigenvalue weighted by Gasteiger charge is 2.35. The summed E-state index contributed by atoms with van der Waals surface area (Å²) in [5.41, 5.74) is 2.17. The van der Waals surface area contributed by atoms with E-state index < -0.39 is 32.5 Å². The Hall–Kier alpha value is -2.14. The van der Waals surface area contributed by atoms with Gasteiger partial charge >= 0.3 is 11.9 Å². The van der Waals surface area contributed by atoms with Crippen molar-refractivity contribution in [3.63, 3.8) is 0 Å². The first-order valence-electron chi connectivity index (χ1n) is 11.2. The van der Waals surface area contributed by atoms with Gasteiger partial charge < -0.3 is 19.0 Å². The molecule has 0 aromatic heterocycles. The van der Waals surface area contributed by atoms with Crippen molar-refractivity contribution < 1.29 is 28.6 Å². The van der Waals surface area contributed by atoms with E-state index in [4.69, 9.17) is 13.9 Å². The van der Waals surface area contributed by atoms with Gasteiger partial charge in [-0.3, -0.25) is 9.59 Å². The van der Waals surface area contributed by atoms with E-state index in [2.05, 4.69) is 39.2 Å². The summed E-state index contributed by atoms with van der Waals surface area (Å²) in [4.78, 5) is 23.2. The molecule has 180 valence electrons. The van der Waals surface area contributed by atoms with Crippen molar-refractivity contribution in [3.8, 4) is 11.8 Å². The van der Waals surface area contributed by atoms with Crippen LogP contribution in [0.2, 0.25) is 18.1 Å². The molecule has 0 aromatic rings. The normalized spacial score (nSPS) is 13.3. The van der Waals surface area contributed by atoms with Gasteiger partial charge in [0.25, 0.3) is 0 Å². The molecule has 0 fully saturated rings. The minimum Gasteiger partial charge on any atom is -0.461 e. The summed E-state index contributed by atoms with van der Waals surface area (Å²) in [6.07, 6.45) is 2.36. The summed E-state index contributed by atoms with van der Waals surface area (Å²) in [6, 6.07) is 2.82. The number of ether oxygens (including phenoxy) is 2. The van der Waals surface area contributed by atoms with Crippen LogP contribution in [0.15, 0.2) is 35.5 Å². The summed E-state index contributed by atoms with van der Waals surface area (Å²) in [7, 11) is -2.04. The van der Waals surface area contributed by atoms with Gasteiger partial charge in [0.1, 0.15) is 12.7 Å². The van der Waals surface area contributed by atoms with Crippen molar-refractivity contribution in [1.29, 1.82) is 0 Å². The van der Waals surface area contributed by atoms with Gasteiger partial charge in [-0.1, -0.05) is 50.8 Å². The zero-order valence-electron chi connectivity index (χ0n) is 20.7. The largest absolute Gasteiger partial charge is 0.461 e. The van der Waals surface area contributed by atoms with Crippen LogP contribution in [0, 0.1) is 11.8 Å². The lowest BCUT2D eigenvalue weighted by atomic mass is 9.99. The Morgan fingerprint density at radius 3 is 2.06 bits per heavy atom. The summed E-state index contributed by atoms with van der Waals surface area (Å²) in [5.74, 6) is 5.13. The van der Waals surface area contributed by atoms with Crippen LogP contribution < -0.4 is 0 Å². The molecule has 0 unspecified atom stereocenters. The molecule has 0 saturated carbocycles. The monoisotopic (exact) mass is 464 g/mol. The third kappa shape index (κ3) is 11.5. The number of allylic oxidation sites excluding steroid dienone is 2. The standard InChI is InChI=1S/C25H40O6Si/c1-9-32(10-2,11-3)31-24(20(6)14-12-13-19(4)5)17-25(30-22(8)28)23(15-16-26)18-29-21(7)27/h13,15,24-26H,6,9-11,16-18H2,1-5,7-8H3/b23-15+/t24-,25-/m0/s1. The predicted octanol–water partition coefficient (Wildman–Crippen LogP) is 4.71. The lowest BCUT2D eigenvalue weighted by Crippen LogP contribution is -2.42. The maximum absolute atomic E-state index is 11.8. The van der Waals surface area contributed by atoms with Gasteiger partial charge in [0, 0.05) is 31.4 Å². The number of hydrogen-bond acceptors (Lipinski definition) is 6. The van der Waals surface area contributed by atoms with E-state index in [0.29, 0.717) is 11.1 Å². The lowest BCUT2D eigenvalue weighted by molar-refractivity contribution is -0.146. The van der Waals surface area contributed by atoms with Gasteiger partial charge in [-0.05, 0) is 38.1 Å². The molecule has 0 radical (unpaired) electrons. The van der Waals surface area contributed by atoms with Crippen molar-refractivity contribution in [1.82, 2.24) is 0 Å². The Kier molecular flexibility index (Phi) is 14.6. The Morgan fingerprint density at radius 2 is 1.62 bits per heavy atom. The van der Waals surface area contributed by atoms with Crippen LogP contribution in [0.5, 0.6) is 0 Å². The molecule has 0 aliphatic heterocycles. The van der Waals surface area contributed by atoms with Crippen molar-refractivity contribution in [2.24, 2.45) is 0 Å². The number of aliphatic hydroxyl groups excluding tert-OH is 1. The third-order valence-electron chi connectivity index (χ3n) is 5.25. The molecule has 0 rings (SSSR count). The maximum atomic E-state index is 11.8. The Balaban J connectivity index is 6.14. The van der Waals surface area contributed by atoms with Crippen LogP contribution in [0.3, 0.4) is 0 Å². The third-order valence-corrected chi connectivity index (χ3v) is 9.90. The molecule has 0 aliphatic rings. The second-order valence-electron chi connectivity index (χ2n) is 7.94. The predicted molar refractivity (Wildman–Crippen MR) is 130 cm³/mol. The van der Waals surface area contributed by atoms with Crippen LogP contribution in [0.1, 0.15) is 54.9 Å². The van der Waals surface area contributed by atoms with Gasteiger partial charge in [-0.2, -0.15) is 0 Å². The smallest absolute Gasteiger partial charge is 0.303 e. The quantitative estimate of drug-likeness (QED) is 0.184. The summed E-state index contributed by atoms with van der Waals surface area (Å²) < 4.78 is 17.4. The molecule has 32 heavy (non-hydrogen) atoms. The molecule has 1 N–H and O–H groups in total. The molecular formula is C25H40O6Si. The highest BCUT2D eigenvalue weighted by atomic mass is 28.4. The van der Waals surface area contributed by atoms with Gasteiger partial charge in [0.05, 0.1) is 12.7 Å². The molecule has 6 nitrogen and oxygen atoms in total. The maximum Gasteiger partial charge on any atom is 0.303 e. The van der Waals surface area contributed by atoms with Crippen LogP contribution in [-0.2, 0) is 23.5 Å². The molecule has 0 spiro atoms. The summed E-state index contributed by atoms with van der Waals surface area (Å²) in [6.45, 7) is 16.7. The summed E-state index contributed by atoms with van der Waals surface area (Å²) in [5, 5.41) is 9.47. The van der Waals surface area contributed by atoms with E-state index in [1.807, 2.05) is 19.9 Å². The molecule has 0 heterocycles.